The molecule has 6 nitrogen and oxygen atoms in total. The molecule has 0 aliphatic carbocycles. The molecule has 2 aromatic carbocycles. The molecule has 0 bridgehead atoms. The topological polar surface area (TPSA) is 43.4 Å². The molecule has 1 aliphatic rings. The Morgan fingerprint density at radius 1 is 0.857 bits per heavy atom. The van der Waals surface area contributed by atoms with Crippen LogP contribution in [-0.4, -0.2) is 58.9 Å². The van der Waals surface area contributed by atoms with Gasteiger partial charge in [0, 0.05) is 53.0 Å². The first-order valence-corrected chi connectivity index (χ1v) is 9.29. The van der Waals surface area contributed by atoms with Crippen LogP contribution in [0.5, 0.6) is 11.5 Å². The summed E-state index contributed by atoms with van der Waals surface area (Å²) in [6.45, 7) is 4.74. The van der Waals surface area contributed by atoms with Crippen molar-refractivity contribution >= 4 is 5.69 Å². The van der Waals surface area contributed by atoms with Crippen LogP contribution in [0.3, 0.4) is 0 Å². The highest BCUT2D eigenvalue weighted by atomic mass is 19.1. The van der Waals surface area contributed by atoms with Crippen molar-refractivity contribution in [3.63, 3.8) is 0 Å². The second-order valence-electron chi connectivity index (χ2n) is 6.62. The summed E-state index contributed by atoms with van der Waals surface area (Å²) in [6.07, 6.45) is 0. The van der Waals surface area contributed by atoms with Crippen LogP contribution >= 0.6 is 0 Å². The first-order valence-electron chi connectivity index (χ1n) is 9.29. The summed E-state index contributed by atoms with van der Waals surface area (Å²) in [7, 11) is 3.20. The minimum atomic E-state index is -0.201. The summed E-state index contributed by atoms with van der Waals surface area (Å²) in [6, 6.07) is 12.4. The van der Waals surface area contributed by atoms with Crippen molar-refractivity contribution in [2.75, 3.05) is 58.9 Å². The van der Waals surface area contributed by atoms with Gasteiger partial charge in [0.25, 0.3) is 0 Å². The van der Waals surface area contributed by atoms with E-state index in [0.717, 1.165) is 55.5 Å². The lowest BCUT2D eigenvalue weighted by molar-refractivity contribution is 0.0485. The molecule has 1 aliphatic heterocycles. The van der Waals surface area contributed by atoms with Crippen LogP contribution in [-0.2, 0) is 16.0 Å². The Balaban J connectivity index is 1.64. The Morgan fingerprint density at radius 2 is 1.54 bits per heavy atom. The summed E-state index contributed by atoms with van der Waals surface area (Å²) in [5.41, 5.74) is 2.10. The number of anilines is 1. The second-order valence-corrected chi connectivity index (χ2v) is 6.62. The number of hydrogen-bond acceptors (Lipinski definition) is 6. The highest BCUT2D eigenvalue weighted by Gasteiger charge is 2.21. The number of ether oxygens (including phenoxy) is 4. The van der Waals surface area contributed by atoms with Crippen molar-refractivity contribution in [2.45, 2.75) is 6.54 Å². The van der Waals surface area contributed by atoms with Gasteiger partial charge in [-0.05, 0) is 29.8 Å². The monoisotopic (exact) mass is 390 g/mol. The van der Waals surface area contributed by atoms with Crippen molar-refractivity contribution in [3.8, 4) is 11.5 Å². The van der Waals surface area contributed by atoms with Crippen molar-refractivity contribution in [3.05, 3.63) is 53.8 Å². The zero-order valence-electron chi connectivity index (χ0n) is 16.4. The van der Waals surface area contributed by atoms with Gasteiger partial charge in [-0.25, -0.2) is 4.39 Å². The van der Waals surface area contributed by atoms with E-state index in [9.17, 15) is 4.39 Å². The largest absolute Gasteiger partial charge is 0.467 e. The number of hydrogen-bond donors (Lipinski definition) is 0. The molecule has 1 fully saturated rings. The zero-order valence-corrected chi connectivity index (χ0v) is 16.4. The van der Waals surface area contributed by atoms with E-state index in [1.807, 2.05) is 30.3 Å². The molecule has 28 heavy (non-hydrogen) atoms. The van der Waals surface area contributed by atoms with Crippen molar-refractivity contribution in [1.82, 2.24) is 4.90 Å². The van der Waals surface area contributed by atoms with Crippen molar-refractivity contribution in [1.29, 1.82) is 0 Å². The quantitative estimate of drug-likeness (QED) is 0.613. The van der Waals surface area contributed by atoms with Gasteiger partial charge in [-0.3, -0.25) is 4.90 Å². The van der Waals surface area contributed by atoms with E-state index in [2.05, 4.69) is 9.80 Å². The Morgan fingerprint density at radius 3 is 2.21 bits per heavy atom. The predicted molar refractivity (Wildman–Crippen MR) is 105 cm³/mol. The first-order chi connectivity index (χ1) is 13.7. The van der Waals surface area contributed by atoms with E-state index >= 15 is 0 Å². The molecule has 0 spiro atoms. The van der Waals surface area contributed by atoms with Gasteiger partial charge in [0.1, 0.15) is 17.3 Å². The molecule has 7 heteroatoms. The number of benzene rings is 2. The normalized spacial score (nSPS) is 14.9. The minimum absolute atomic E-state index is 0.190. The Bertz CT molecular complexity index is 734. The van der Waals surface area contributed by atoms with E-state index in [1.54, 1.807) is 14.2 Å². The molecule has 0 amide bonds. The molecule has 1 heterocycles. The van der Waals surface area contributed by atoms with Gasteiger partial charge < -0.3 is 23.8 Å². The van der Waals surface area contributed by atoms with E-state index in [4.69, 9.17) is 18.9 Å². The molecule has 0 saturated carbocycles. The number of methoxy groups -OCH3 is 2. The van der Waals surface area contributed by atoms with E-state index in [-0.39, 0.29) is 19.4 Å². The lowest BCUT2D eigenvalue weighted by Gasteiger charge is -2.36. The standard InChI is InChI=1S/C21H27FN2O4/c1-25-15-27-19-7-8-21(28-16-26-2)20(13-19)24-11-9-23(10-12-24)14-17-3-5-18(22)6-4-17/h3-8,13H,9-12,14-16H2,1-2H3. The van der Waals surface area contributed by atoms with Gasteiger partial charge in [0.15, 0.2) is 13.6 Å². The van der Waals surface area contributed by atoms with Crippen LogP contribution in [0.15, 0.2) is 42.5 Å². The average Bonchev–Trinajstić information content (AvgIpc) is 2.73. The zero-order chi connectivity index (χ0) is 19.8. The smallest absolute Gasteiger partial charge is 0.188 e. The predicted octanol–water partition coefficient (Wildman–Crippen LogP) is 3.11. The molecule has 1 saturated heterocycles. The Kier molecular flexibility index (Phi) is 7.47. The number of halogens is 1. The van der Waals surface area contributed by atoms with Gasteiger partial charge in [0.05, 0.1) is 5.69 Å². The minimum Gasteiger partial charge on any atom is -0.467 e. The average molecular weight is 390 g/mol. The fourth-order valence-electron chi connectivity index (χ4n) is 3.20. The lowest BCUT2D eigenvalue weighted by atomic mass is 10.1. The maximum atomic E-state index is 13.1. The molecule has 0 atom stereocenters. The number of piperazine rings is 1. The summed E-state index contributed by atoms with van der Waals surface area (Å²) in [5.74, 6) is 1.29. The fourth-order valence-corrected chi connectivity index (χ4v) is 3.20. The van der Waals surface area contributed by atoms with E-state index < -0.39 is 0 Å². The summed E-state index contributed by atoms with van der Waals surface area (Å²) in [4.78, 5) is 4.65. The fraction of sp³-hybridized carbons (Fsp3) is 0.429. The van der Waals surface area contributed by atoms with Crippen LogP contribution in [0.4, 0.5) is 10.1 Å². The van der Waals surface area contributed by atoms with Crippen molar-refractivity contribution in [2.24, 2.45) is 0 Å². The molecule has 152 valence electrons. The van der Waals surface area contributed by atoms with Crippen LogP contribution in [0.25, 0.3) is 0 Å². The molecule has 0 radical (unpaired) electrons. The van der Waals surface area contributed by atoms with Gasteiger partial charge >= 0.3 is 0 Å². The van der Waals surface area contributed by atoms with Gasteiger partial charge in [0.2, 0.25) is 0 Å². The third-order valence-electron chi connectivity index (χ3n) is 4.64. The summed E-state index contributed by atoms with van der Waals surface area (Å²) >= 11 is 0. The van der Waals surface area contributed by atoms with E-state index in [0.29, 0.717) is 0 Å². The molecule has 0 aromatic heterocycles. The maximum Gasteiger partial charge on any atom is 0.188 e. The number of nitrogens with zero attached hydrogens (tertiary/aromatic N) is 2. The SMILES string of the molecule is COCOc1ccc(OCOC)c(N2CCN(Cc3ccc(F)cc3)CC2)c1. The molecule has 0 N–H and O–H groups in total. The van der Waals surface area contributed by atoms with Gasteiger partial charge in [-0.2, -0.15) is 0 Å². The first kappa shape index (κ1) is 20.4. The second kappa shape index (κ2) is 10.3. The van der Waals surface area contributed by atoms with Crippen LogP contribution < -0.4 is 14.4 Å². The van der Waals surface area contributed by atoms with Crippen LogP contribution in [0, 0.1) is 5.82 Å². The van der Waals surface area contributed by atoms with Crippen LogP contribution in [0.2, 0.25) is 0 Å². The Hall–Kier alpha value is -2.35. The third-order valence-corrected chi connectivity index (χ3v) is 4.64. The maximum absolute atomic E-state index is 13.1. The van der Waals surface area contributed by atoms with Crippen molar-refractivity contribution < 1.29 is 23.3 Å². The molecule has 3 rings (SSSR count). The molecule has 2 aromatic rings. The highest BCUT2D eigenvalue weighted by molar-refractivity contribution is 5.62. The van der Waals surface area contributed by atoms with Gasteiger partial charge in [-0.15, -0.1) is 0 Å². The van der Waals surface area contributed by atoms with E-state index in [1.165, 1.54) is 12.1 Å². The Labute approximate surface area is 165 Å². The number of rotatable bonds is 9. The highest BCUT2D eigenvalue weighted by Crippen LogP contribution is 2.33. The van der Waals surface area contributed by atoms with Crippen LogP contribution in [0.1, 0.15) is 5.56 Å². The molecule has 0 unspecified atom stereocenters. The third kappa shape index (κ3) is 5.58. The molecular weight excluding hydrogens is 363 g/mol. The lowest BCUT2D eigenvalue weighted by Crippen LogP contribution is -2.46. The molecular formula is C21H27FN2O4. The van der Waals surface area contributed by atoms with Gasteiger partial charge in [-0.1, -0.05) is 12.1 Å². The summed E-state index contributed by atoms with van der Waals surface area (Å²) < 4.78 is 34.4. The summed E-state index contributed by atoms with van der Waals surface area (Å²) in [5, 5.41) is 0.